The fourth-order valence-corrected chi connectivity index (χ4v) is 2.03. The van der Waals surface area contributed by atoms with Gasteiger partial charge in [-0.2, -0.15) is 0 Å². The quantitative estimate of drug-likeness (QED) is 0.554. The Morgan fingerprint density at radius 1 is 0.913 bits per heavy atom. The molecule has 0 N–H and O–H groups in total. The van der Waals surface area contributed by atoms with E-state index in [1.54, 1.807) is 30.3 Å². The van der Waals surface area contributed by atoms with E-state index < -0.39 is 17.8 Å². The summed E-state index contributed by atoms with van der Waals surface area (Å²) in [7, 11) is 0. The van der Waals surface area contributed by atoms with E-state index in [-0.39, 0.29) is 25.0 Å². The third-order valence-corrected chi connectivity index (χ3v) is 3.40. The number of carbonyl (C=O) groups is 2. The minimum absolute atomic E-state index is 0.00374. The van der Waals surface area contributed by atoms with Crippen LogP contribution in [0.1, 0.15) is 19.3 Å². The van der Waals surface area contributed by atoms with E-state index in [1.165, 1.54) is 18.2 Å². The molecule has 6 heteroatoms. The van der Waals surface area contributed by atoms with Crippen molar-refractivity contribution in [3.05, 3.63) is 58.8 Å². The summed E-state index contributed by atoms with van der Waals surface area (Å²) < 4.78 is 24.2. The van der Waals surface area contributed by atoms with Crippen molar-refractivity contribution in [2.75, 3.05) is 0 Å². The fraction of sp³-hybridized carbons (Fsp3) is 0.176. The van der Waals surface area contributed by atoms with Crippen LogP contribution in [-0.4, -0.2) is 11.9 Å². The minimum Gasteiger partial charge on any atom is -0.427 e. The van der Waals surface area contributed by atoms with Gasteiger partial charge in [0.25, 0.3) is 0 Å². The zero-order chi connectivity index (χ0) is 16.7. The number of hydrogen-bond acceptors (Lipinski definition) is 4. The first-order chi connectivity index (χ1) is 11.0. The number of ether oxygens (including phenoxy) is 2. The number of halogens is 2. The average molecular weight is 381 g/mol. The van der Waals surface area contributed by atoms with Crippen LogP contribution in [0.3, 0.4) is 0 Å². The second-order valence-corrected chi connectivity index (χ2v) is 5.60. The number of benzene rings is 2. The van der Waals surface area contributed by atoms with Gasteiger partial charge in [-0.05, 0) is 42.8 Å². The van der Waals surface area contributed by atoms with Crippen LogP contribution in [0, 0.1) is 5.82 Å². The molecule has 0 radical (unpaired) electrons. The lowest BCUT2D eigenvalue weighted by atomic mass is 10.2. The molecule has 0 aliphatic rings. The highest BCUT2D eigenvalue weighted by Gasteiger charge is 2.11. The summed E-state index contributed by atoms with van der Waals surface area (Å²) in [5, 5.41) is 0. The van der Waals surface area contributed by atoms with Gasteiger partial charge in [-0.15, -0.1) is 0 Å². The monoisotopic (exact) mass is 380 g/mol. The SMILES string of the molecule is O=C(CCCC(=O)Oc1ccccc1F)Oc1ccc(Br)cc1. The highest BCUT2D eigenvalue weighted by atomic mass is 79.9. The van der Waals surface area contributed by atoms with Gasteiger partial charge in [0.1, 0.15) is 5.75 Å². The Morgan fingerprint density at radius 3 is 2.17 bits per heavy atom. The van der Waals surface area contributed by atoms with Crippen LogP contribution in [0.5, 0.6) is 11.5 Å². The molecule has 0 fully saturated rings. The molecule has 0 atom stereocenters. The van der Waals surface area contributed by atoms with Gasteiger partial charge in [-0.25, -0.2) is 4.39 Å². The number of carbonyl (C=O) groups excluding carboxylic acids is 2. The maximum Gasteiger partial charge on any atom is 0.311 e. The van der Waals surface area contributed by atoms with E-state index in [9.17, 15) is 14.0 Å². The first-order valence-corrected chi connectivity index (χ1v) is 7.75. The Labute approximate surface area is 141 Å². The molecule has 0 heterocycles. The van der Waals surface area contributed by atoms with Gasteiger partial charge in [0.2, 0.25) is 0 Å². The van der Waals surface area contributed by atoms with Crippen LogP contribution < -0.4 is 9.47 Å². The predicted octanol–water partition coefficient (Wildman–Crippen LogP) is 4.27. The Hall–Kier alpha value is -2.21. The lowest BCUT2D eigenvalue weighted by Crippen LogP contribution is -2.12. The largest absolute Gasteiger partial charge is 0.427 e. The molecule has 0 saturated heterocycles. The molecule has 0 aliphatic carbocycles. The molecule has 23 heavy (non-hydrogen) atoms. The maximum absolute atomic E-state index is 13.3. The van der Waals surface area contributed by atoms with Crippen LogP contribution in [-0.2, 0) is 9.59 Å². The summed E-state index contributed by atoms with van der Waals surface area (Å²) in [6.45, 7) is 0. The van der Waals surface area contributed by atoms with Crippen LogP contribution in [0.25, 0.3) is 0 Å². The van der Waals surface area contributed by atoms with Crippen molar-refractivity contribution in [1.29, 1.82) is 0 Å². The summed E-state index contributed by atoms with van der Waals surface area (Å²) in [6.07, 6.45) is 0.342. The molecule has 2 aromatic rings. The second kappa shape index (κ2) is 8.43. The van der Waals surface area contributed by atoms with Crippen LogP contribution in [0.15, 0.2) is 53.0 Å². The van der Waals surface area contributed by atoms with Crippen molar-refractivity contribution in [1.82, 2.24) is 0 Å². The molecular weight excluding hydrogens is 367 g/mol. The number of para-hydroxylation sites is 1. The summed E-state index contributed by atoms with van der Waals surface area (Å²) in [5.74, 6) is -1.31. The van der Waals surface area contributed by atoms with E-state index in [0.29, 0.717) is 5.75 Å². The summed E-state index contributed by atoms with van der Waals surface area (Å²) >= 11 is 3.28. The normalized spacial score (nSPS) is 10.2. The molecule has 0 unspecified atom stereocenters. The van der Waals surface area contributed by atoms with Crippen molar-refractivity contribution >= 4 is 27.9 Å². The van der Waals surface area contributed by atoms with E-state index in [0.717, 1.165) is 4.47 Å². The average Bonchev–Trinajstić information content (AvgIpc) is 2.52. The molecule has 2 aromatic carbocycles. The maximum atomic E-state index is 13.3. The minimum atomic E-state index is -0.601. The van der Waals surface area contributed by atoms with Gasteiger partial charge < -0.3 is 9.47 Å². The lowest BCUT2D eigenvalue weighted by Gasteiger charge is -2.06. The van der Waals surface area contributed by atoms with E-state index in [2.05, 4.69) is 15.9 Å². The number of esters is 2. The van der Waals surface area contributed by atoms with Gasteiger partial charge in [0.05, 0.1) is 0 Å². The van der Waals surface area contributed by atoms with Crippen molar-refractivity contribution in [3.63, 3.8) is 0 Å². The zero-order valence-electron chi connectivity index (χ0n) is 12.1. The number of hydrogen-bond donors (Lipinski definition) is 0. The molecule has 0 saturated carbocycles. The van der Waals surface area contributed by atoms with E-state index in [1.807, 2.05) is 0 Å². The molecule has 4 nitrogen and oxygen atoms in total. The summed E-state index contributed by atoms with van der Waals surface area (Å²) in [4.78, 5) is 23.2. The van der Waals surface area contributed by atoms with Gasteiger partial charge in [-0.3, -0.25) is 9.59 Å². The third kappa shape index (κ3) is 5.83. The molecule has 0 aromatic heterocycles. The van der Waals surface area contributed by atoms with Gasteiger partial charge in [0.15, 0.2) is 11.6 Å². The highest BCUT2D eigenvalue weighted by Crippen LogP contribution is 2.18. The third-order valence-electron chi connectivity index (χ3n) is 2.87. The Balaban J connectivity index is 1.72. The Morgan fingerprint density at radius 2 is 1.52 bits per heavy atom. The molecule has 0 amide bonds. The number of rotatable bonds is 6. The van der Waals surface area contributed by atoms with Crippen molar-refractivity contribution < 1.29 is 23.5 Å². The Kier molecular flexibility index (Phi) is 6.29. The van der Waals surface area contributed by atoms with E-state index >= 15 is 0 Å². The topological polar surface area (TPSA) is 52.6 Å². The summed E-state index contributed by atoms with van der Waals surface area (Å²) in [6, 6.07) is 12.5. The molecule has 120 valence electrons. The zero-order valence-corrected chi connectivity index (χ0v) is 13.7. The standard InChI is InChI=1S/C17H14BrFO4/c18-12-8-10-13(11-9-12)22-16(20)6-3-7-17(21)23-15-5-2-1-4-14(15)19/h1-2,4-5,8-11H,3,6-7H2. The first-order valence-electron chi connectivity index (χ1n) is 6.96. The van der Waals surface area contributed by atoms with Crippen LogP contribution in [0.2, 0.25) is 0 Å². The molecule has 0 bridgehead atoms. The predicted molar refractivity (Wildman–Crippen MR) is 85.7 cm³/mol. The molecular formula is C17H14BrFO4. The van der Waals surface area contributed by atoms with Gasteiger partial charge in [-0.1, -0.05) is 28.1 Å². The van der Waals surface area contributed by atoms with E-state index in [4.69, 9.17) is 9.47 Å². The molecule has 0 aliphatic heterocycles. The van der Waals surface area contributed by atoms with Crippen LogP contribution in [0.4, 0.5) is 4.39 Å². The fourth-order valence-electron chi connectivity index (χ4n) is 1.76. The summed E-state index contributed by atoms with van der Waals surface area (Å²) in [5.41, 5.74) is 0. The second-order valence-electron chi connectivity index (χ2n) is 4.69. The lowest BCUT2D eigenvalue weighted by molar-refractivity contribution is -0.136. The Bertz CT molecular complexity index is 685. The molecule has 2 rings (SSSR count). The highest BCUT2D eigenvalue weighted by molar-refractivity contribution is 9.10. The first kappa shape index (κ1) is 17.1. The van der Waals surface area contributed by atoms with Crippen molar-refractivity contribution in [2.24, 2.45) is 0 Å². The smallest absolute Gasteiger partial charge is 0.311 e. The van der Waals surface area contributed by atoms with Crippen LogP contribution >= 0.6 is 15.9 Å². The molecule has 0 spiro atoms. The van der Waals surface area contributed by atoms with Crippen molar-refractivity contribution in [2.45, 2.75) is 19.3 Å². The van der Waals surface area contributed by atoms with Crippen molar-refractivity contribution in [3.8, 4) is 11.5 Å². The van der Waals surface area contributed by atoms with Gasteiger partial charge >= 0.3 is 11.9 Å². The van der Waals surface area contributed by atoms with Gasteiger partial charge in [0, 0.05) is 17.3 Å².